The number of benzene rings is 2. The van der Waals surface area contributed by atoms with Crippen molar-refractivity contribution in [2.24, 2.45) is 0 Å². The number of para-hydroxylation sites is 1. The molecule has 0 unspecified atom stereocenters. The van der Waals surface area contributed by atoms with Gasteiger partial charge in [0.05, 0.1) is 16.6 Å². The molecule has 3 nitrogen and oxygen atoms in total. The Balaban J connectivity index is 2.29. The van der Waals surface area contributed by atoms with Gasteiger partial charge in [-0.2, -0.15) is 0 Å². The molecule has 0 bridgehead atoms. The second-order valence-electron chi connectivity index (χ2n) is 4.78. The van der Waals surface area contributed by atoms with Crippen molar-refractivity contribution in [3.8, 4) is 5.69 Å². The van der Waals surface area contributed by atoms with Gasteiger partial charge >= 0.3 is 0 Å². The van der Waals surface area contributed by atoms with Crippen molar-refractivity contribution >= 4 is 22.7 Å². The van der Waals surface area contributed by atoms with Crippen molar-refractivity contribution in [2.45, 2.75) is 18.5 Å². The van der Waals surface area contributed by atoms with Gasteiger partial charge in [-0.05, 0) is 42.5 Å². The van der Waals surface area contributed by atoms with Crippen molar-refractivity contribution in [2.75, 3.05) is 6.26 Å². The number of aryl methyl sites for hydroxylation is 1. The number of nitrogens with zero attached hydrogens (tertiary/aromatic N) is 2. The molecule has 21 heavy (non-hydrogen) atoms. The fourth-order valence-corrected chi connectivity index (χ4v) is 2.92. The minimum Gasteiger partial charge on any atom is -0.268 e. The van der Waals surface area contributed by atoms with Crippen LogP contribution in [0.1, 0.15) is 12.5 Å². The number of hydrogen-bond donors (Lipinski definition) is 0. The van der Waals surface area contributed by atoms with E-state index < -0.39 is 0 Å². The molecule has 3 aromatic rings. The van der Waals surface area contributed by atoms with Crippen LogP contribution < -0.4 is 5.56 Å². The predicted octanol–water partition coefficient (Wildman–Crippen LogP) is 3.67. The van der Waals surface area contributed by atoms with Crippen LogP contribution in [-0.4, -0.2) is 15.8 Å². The van der Waals surface area contributed by atoms with Crippen LogP contribution in [-0.2, 0) is 6.42 Å². The molecule has 2 aromatic carbocycles. The Morgan fingerprint density at radius 3 is 2.48 bits per heavy atom. The summed E-state index contributed by atoms with van der Waals surface area (Å²) in [7, 11) is 0. The summed E-state index contributed by atoms with van der Waals surface area (Å²) in [5, 5.41) is 1.36. The smallest absolute Gasteiger partial charge is 0.266 e. The lowest BCUT2D eigenvalue weighted by Gasteiger charge is -2.12. The first-order valence-electron chi connectivity index (χ1n) is 6.89. The molecule has 0 aliphatic heterocycles. The van der Waals surface area contributed by atoms with Gasteiger partial charge in [0.25, 0.3) is 5.56 Å². The standard InChI is InChI=1S/C17H16N2OS/c1-3-12-8-10-13(11-9-12)19-16(20)14-6-4-5-7-15(14)18-17(19)21-2/h4-11H,3H2,1-2H3. The van der Waals surface area contributed by atoms with Crippen LogP contribution in [0.5, 0.6) is 0 Å². The van der Waals surface area contributed by atoms with Crippen molar-refractivity contribution in [1.29, 1.82) is 0 Å². The first-order valence-corrected chi connectivity index (χ1v) is 8.12. The topological polar surface area (TPSA) is 34.9 Å². The minimum absolute atomic E-state index is 0.0193. The van der Waals surface area contributed by atoms with E-state index in [4.69, 9.17) is 0 Å². The number of rotatable bonds is 3. The Morgan fingerprint density at radius 2 is 1.81 bits per heavy atom. The Labute approximate surface area is 127 Å². The van der Waals surface area contributed by atoms with E-state index in [1.165, 1.54) is 17.3 Å². The highest BCUT2D eigenvalue weighted by Crippen LogP contribution is 2.19. The van der Waals surface area contributed by atoms with E-state index in [0.717, 1.165) is 17.6 Å². The molecule has 4 heteroatoms. The SMILES string of the molecule is CCc1ccc(-n2c(SC)nc3ccccc3c2=O)cc1. The number of aromatic nitrogens is 2. The normalized spacial score (nSPS) is 11.0. The molecule has 0 spiro atoms. The van der Waals surface area contributed by atoms with Gasteiger partial charge in [-0.3, -0.25) is 9.36 Å². The molecule has 0 saturated carbocycles. The third kappa shape index (κ3) is 2.47. The maximum atomic E-state index is 12.8. The lowest BCUT2D eigenvalue weighted by molar-refractivity contribution is 0.821. The van der Waals surface area contributed by atoms with E-state index in [9.17, 15) is 4.79 Å². The van der Waals surface area contributed by atoms with E-state index in [0.29, 0.717) is 10.5 Å². The minimum atomic E-state index is -0.0193. The van der Waals surface area contributed by atoms with Gasteiger partial charge in [0, 0.05) is 0 Å². The zero-order chi connectivity index (χ0) is 14.8. The molecule has 0 radical (unpaired) electrons. The molecule has 0 amide bonds. The monoisotopic (exact) mass is 296 g/mol. The highest BCUT2D eigenvalue weighted by Gasteiger charge is 2.11. The second kappa shape index (κ2) is 5.74. The first-order chi connectivity index (χ1) is 10.2. The van der Waals surface area contributed by atoms with Gasteiger partial charge < -0.3 is 0 Å². The summed E-state index contributed by atoms with van der Waals surface area (Å²) in [5.41, 5.74) is 2.84. The van der Waals surface area contributed by atoms with Crippen LogP contribution in [0.3, 0.4) is 0 Å². The molecule has 0 aliphatic rings. The van der Waals surface area contributed by atoms with Crippen molar-refractivity contribution < 1.29 is 0 Å². The highest BCUT2D eigenvalue weighted by molar-refractivity contribution is 7.98. The summed E-state index contributed by atoms with van der Waals surface area (Å²) < 4.78 is 1.69. The van der Waals surface area contributed by atoms with Gasteiger partial charge in [0.1, 0.15) is 0 Å². The Morgan fingerprint density at radius 1 is 1.10 bits per heavy atom. The second-order valence-corrected chi connectivity index (χ2v) is 5.55. The van der Waals surface area contributed by atoms with E-state index in [-0.39, 0.29) is 5.56 Å². The van der Waals surface area contributed by atoms with Crippen LogP contribution in [0, 0.1) is 0 Å². The quantitative estimate of drug-likeness (QED) is 0.546. The van der Waals surface area contributed by atoms with Gasteiger partial charge in [-0.15, -0.1) is 0 Å². The summed E-state index contributed by atoms with van der Waals surface area (Å²) in [6, 6.07) is 15.6. The van der Waals surface area contributed by atoms with Crippen LogP contribution in [0.4, 0.5) is 0 Å². The number of fused-ring (bicyclic) bond motifs is 1. The Hall–Kier alpha value is -2.07. The summed E-state index contributed by atoms with van der Waals surface area (Å²) in [6.45, 7) is 2.12. The summed E-state index contributed by atoms with van der Waals surface area (Å²) in [4.78, 5) is 17.4. The van der Waals surface area contributed by atoms with Crippen LogP contribution >= 0.6 is 11.8 Å². The summed E-state index contributed by atoms with van der Waals surface area (Å²) >= 11 is 1.48. The zero-order valence-corrected chi connectivity index (χ0v) is 12.9. The molecular weight excluding hydrogens is 280 g/mol. The molecular formula is C17H16N2OS. The van der Waals surface area contributed by atoms with Gasteiger partial charge in [0.2, 0.25) is 0 Å². The van der Waals surface area contributed by atoms with Gasteiger partial charge in [-0.25, -0.2) is 4.98 Å². The highest BCUT2D eigenvalue weighted by atomic mass is 32.2. The molecule has 1 aromatic heterocycles. The molecule has 0 atom stereocenters. The number of hydrogen-bond acceptors (Lipinski definition) is 3. The lowest BCUT2D eigenvalue weighted by Crippen LogP contribution is -2.21. The maximum absolute atomic E-state index is 12.8. The largest absolute Gasteiger partial charge is 0.268 e. The van der Waals surface area contributed by atoms with E-state index >= 15 is 0 Å². The molecule has 3 rings (SSSR count). The fourth-order valence-electron chi connectivity index (χ4n) is 2.36. The van der Waals surface area contributed by atoms with Crippen LogP contribution in [0.25, 0.3) is 16.6 Å². The fraction of sp³-hybridized carbons (Fsp3) is 0.176. The summed E-state index contributed by atoms with van der Waals surface area (Å²) in [5.74, 6) is 0. The van der Waals surface area contributed by atoms with Crippen molar-refractivity contribution in [1.82, 2.24) is 9.55 Å². The predicted molar refractivity (Wildman–Crippen MR) is 88.5 cm³/mol. The lowest BCUT2D eigenvalue weighted by atomic mass is 10.1. The third-order valence-corrected chi connectivity index (χ3v) is 4.17. The van der Waals surface area contributed by atoms with Gasteiger partial charge in [-0.1, -0.05) is 43.0 Å². The Kier molecular flexibility index (Phi) is 3.80. The first kappa shape index (κ1) is 13.9. The van der Waals surface area contributed by atoms with E-state index in [1.807, 2.05) is 42.7 Å². The van der Waals surface area contributed by atoms with E-state index in [2.05, 4.69) is 24.0 Å². The van der Waals surface area contributed by atoms with Gasteiger partial charge in [0.15, 0.2) is 5.16 Å². The van der Waals surface area contributed by atoms with Crippen molar-refractivity contribution in [3.05, 3.63) is 64.4 Å². The molecule has 106 valence electrons. The maximum Gasteiger partial charge on any atom is 0.266 e. The molecule has 0 fully saturated rings. The van der Waals surface area contributed by atoms with E-state index in [1.54, 1.807) is 4.57 Å². The Bertz CT molecular complexity index is 838. The summed E-state index contributed by atoms with van der Waals surface area (Å²) in [6.07, 6.45) is 2.92. The zero-order valence-electron chi connectivity index (χ0n) is 12.0. The molecule has 0 aliphatic carbocycles. The van der Waals surface area contributed by atoms with Crippen LogP contribution in [0.15, 0.2) is 58.5 Å². The average molecular weight is 296 g/mol. The molecule has 0 N–H and O–H groups in total. The average Bonchev–Trinajstić information content (AvgIpc) is 2.55. The van der Waals surface area contributed by atoms with Crippen LogP contribution in [0.2, 0.25) is 0 Å². The van der Waals surface area contributed by atoms with Crippen molar-refractivity contribution in [3.63, 3.8) is 0 Å². The molecule has 0 saturated heterocycles. The third-order valence-electron chi connectivity index (χ3n) is 3.53. The number of thioether (sulfide) groups is 1. The molecule has 1 heterocycles.